The third kappa shape index (κ3) is 5.28. The maximum atomic E-state index is 5.88. The third-order valence-electron chi connectivity index (χ3n) is 3.22. The van der Waals surface area contributed by atoms with Gasteiger partial charge in [-0.25, -0.2) is 0 Å². The van der Waals surface area contributed by atoms with Crippen LogP contribution in [-0.4, -0.2) is 37.5 Å². The predicted octanol–water partition coefficient (Wildman–Crippen LogP) is 2.35. The van der Waals surface area contributed by atoms with Crippen LogP contribution in [0.25, 0.3) is 0 Å². The van der Waals surface area contributed by atoms with Crippen molar-refractivity contribution >= 4 is 0 Å². The summed E-state index contributed by atoms with van der Waals surface area (Å²) in [7, 11) is 0. The second-order valence-corrected chi connectivity index (χ2v) is 4.98. The molecular formula is C13H27NO2. The largest absolute Gasteiger partial charge is 0.377 e. The summed E-state index contributed by atoms with van der Waals surface area (Å²) in [6.07, 6.45) is 4.32. The van der Waals surface area contributed by atoms with Crippen LogP contribution < -0.4 is 5.32 Å². The molecular weight excluding hydrogens is 202 g/mol. The van der Waals surface area contributed by atoms with E-state index in [9.17, 15) is 0 Å². The Balaban J connectivity index is 2.08. The Hall–Kier alpha value is -0.120. The van der Waals surface area contributed by atoms with Gasteiger partial charge in [-0.05, 0) is 40.0 Å². The lowest BCUT2D eigenvalue weighted by molar-refractivity contribution is -0.101. The summed E-state index contributed by atoms with van der Waals surface area (Å²) in [5.41, 5.74) is 0. The van der Waals surface area contributed by atoms with Gasteiger partial charge in [0, 0.05) is 12.6 Å². The van der Waals surface area contributed by atoms with Crippen molar-refractivity contribution in [1.82, 2.24) is 5.32 Å². The first-order valence-corrected chi connectivity index (χ1v) is 6.62. The van der Waals surface area contributed by atoms with E-state index in [0.29, 0.717) is 24.4 Å². The quantitative estimate of drug-likeness (QED) is 0.709. The van der Waals surface area contributed by atoms with Crippen LogP contribution in [0.15, 0.2) is 0 Å². The number of rotatable bonds is 6. The fraction of sp³-hybridized carbons (Fsp3) is 1.00. The molecule has 1 saturated heterocycles. The van der Waals surface area contributed by atoms with Gasteiger partial charge in [-0.1, -0.05) is 6.92 Å². The van der Waals surface area contributed by atoms with Gasteiger partial charge in [-0.3, -0.25) is 0 Å². The second kappa shape index (κ2) is 7.25. The Bertz CT molecular complexity index is 177. The van der Waals surface area contributed by atoms with Crippen LogP contribution in [0, 0.1) is 0 Å². The number of ether oxygens (including phenoxy) is 2. The van der Waals surface area contributed by atoms with Gasteiger partial charge in [0.1, 0.15) is 0 Å². The number of hydrogen-bond donors (Lipinski definition) is 1. The fourth-order valence-corrected chi connectivity index (χ4v) is 2.16. The minimum absolute atomic E-state index is 0.344. The highest BCUT2D eigenvalue weighted by molar-refractivity contribution is 4.73. The van der Waals surface area contributed by atoms with Crippen LogP contribution in [0.2, 0.25) is 0 Å². The molecule has 1 fully saturated rings. The topological polar surface area (TPSA) is 30.5 Å². The van der Waals surface area contributed by atoms with Crippen molar-refractivity contribution in [2.75, 3.05) is 13.2 Å². The zero-order chi connectivity index (χ0) is 12.0. The van der Waals surface area contributed by atoms with Crippen molar-refractivity contribution in [3.05, 3.63) is 0 Å². The third-order valence-corrected chi connectivity index (χ3v) is 3.22. The van der Waals surface area contributed by atoms with Crippen LogP contribution in [0.3, 0.4) is 0 Å². The molecule has 0 amide bonds. The van der Waals surface area contributed by atoms with Gasteiger partial charge >= 0.3 is 0 Å². The summed E-state index contributed by atoms with van der Waals surface area (Å²) < 4.78 is 11.6. The van der Waals surface area contributed by atoms with Gasteiger partial charge < -0.3 is 14.8 Å². The molecule has 0 aromatic rings. The molecule has 16 heavy (non-hydrogen) atoms. The minimum Gasteiger partial charge on any atom is -0.377 e. The minimum atomic E-state index is 0.344. The van der Waals surface area contributed by atoms with E-state index >= 15 is 0 Å². The highest BCUT2D eigenvalue weighted by Crippen LogP contribution is 2.21. The molecule has 0 saturated carbocycles. The Kier molecular flexibility index (Phi) is 6.32. The fourth-order valence-electron chi connectivity index (χ4n) is 2.16. The Labute approximate surface area is 99.9 Å². The molecule has 3 heteroatoms. The van der Waals surface area contributed by atoms with E-state index in [0.717, 1.165) is 26.0 Å². The first kappa shape index (κ1) is 13.9. The Morgan fingerprint density at radius 1 is 1.31 bits per heavy atom. The second-order valence-electron chi connectivity index (χ2n) is 4.98. The monoisotopic (exact) mass is 229 g/mol. The van der Waals surface area contributed by atoms with Gasteiger partial charge in [-0.15, -0.1) is 0 Å². The first-order valence-electron chi connectivity index (χ1n) is 6.62. The van der Waals surface area contributed by atoms with Gasteiger partial charge in [0.05, 0.1) is 24.9 Å². The molecule has 0 bridgehead atoms. The van der Waals surface area contributed by atoms with E-state index < -0.39 is 0 Å². The molecule has 3 unspecified atom stereocenters. The molecule has 3 nitrogen and oxygen atoms in total. The van der Waals surface area contributed by atoms with Gasteiger partial charge in [0.15, 0.2) is 0 Å². The van der Waals surface area contributed by atoms with E-state index in [4.69, 9.17) is 9.47 Å². The zero-order valence-corrected chi connectivity index (χ0v) is 11.2. The summed E-state index contributed by atoms with van der Waals surface area (Å²) in [6, 6.07) is 0.594. The van der Waals surface area contributed by atoms with E-state index in [1.165, 1.54) is 6.42 Å². The maximum Gasteiger partial charge on any atom is 0.0625 e. The average Bonchev–Trinajstić information content (AvgIpc) is 2.22. The summed E-state index contributed by atoms with van der Waals surface area (Å²) in [5.74, 6) is 0. The summed E-state index contributed by atoms with van der Waals surface area (Å²) >= 11 is 0. The lowest BCUT2D eigenvalue weighted by Crippen LogP contribution is -2.36. The number of hydrogen-bond acceptors (Lipinski definition) is 3. The van der Waals surface area contributed by atoms with Crippen molar-refractivity contribution in [1.29, 1.82) is 0 Å². The van der Waals surface area contributed by atoms with Crippen molar-refractivity contribution in [3.8, 4) is 0 Å². The molecule has 1 N–H and O–H groups in total. The molecule has 1 rings (SSSR count). The van der Waals surface area contributed by atoms with Crippen molar-refractivity contribution in [3.63, 3.8) is 0 Å². The van der Waals surface area contributed by atoms with E-state index in [1.807, 2.05) is 0 Å². The standard InChI is InChI=1S/C13H27NO2/c1-5-10(2)14-6-7-15-13-8-11(3)16-12(4)9-13/h10-14H,5-9H2,1-4H3. The molecule has 3 atom stereocenters. The van der Waals surface area contributed by atoms with E-state index in [2.05, 4.69) is 33.0 Å². The highest BCUT2D eigenvalue weighted by Gasteiger charge is 2.24. The summed E-state index contributed by atoms with van der Waals surface area (Å²) in [4.78, 5) is 0. The van der Waals surface area contributed by atoms with Crippen LogP contribution >= 0.6 is 0 Å². The SMILES string of the molecule is CCC(C)NCCOC1CC(C)OC(C)C1. The predicted molar refractivity (Wildman–Crippen MR) is 66.7 cm³/mol. The molecule has 0 aromatic heterocycles. The van der Waals surface area contributed by atoms with Crippen LogP contribution in [0.1, 0.15) is 47.0 Å². The Morgan fingerprint density at radius 3 is 2.50 bits per heavy atom. The molecule has 0 spiro atoms. The lowest BCUT2D eigenvalue weighted by Gasteiger charge is -2.32. The molecule has 1 aliphatic heterocycles. The normalized spacial score (nSPS) is 32.6. The average molecular weight is 229 g/mol. The Morgan fingerprint density at radius 2 is 1.94 bits per heavy atom. The van der Waals surface area contributed by atoms with Crippen LogP contribution in [0.5, 0.6) is 0 Å². The maximum absolute atomic E-state index is 5.88. The summed E-state index contributed by atoms with van der Waals surface area (Å²) in [6.45, 7) is 10.4. The number of nitrogens with one attached hydrogen (secondary N) is 1. The van der Waals surface area contributed by atoms with Gasteiger partial charge in [-0.2, -0.15) is 0 Å². The van der Waals surface area contributed by atoms with Crippen LogP contribution in [0.4, 0.5) is 0 Å². The van der Waals surface area contributed by atoms with Crippen molar-refractivity contribution in [2.45, 2.75) is 71.3 Å². The summed E-state index contributed by atoms with van der Waals surface area (Å²) in [5, 5.41) is 3.44. The van der Waals surface area contributed by atoms with Crippen molar-refractivity contribution < 1.29 is 9.47 Å². The molecule has 96 valence electrons. The zero-order valence-electron chi connectivity index (χ0n) is 11.2. The first-order chi connectivity index (χ1) is 7.61. The lowest BCUT2D eigenvalue weighted by atomic mass is 10.0. The molecule has 1 aliphatic rings. The van der Waals surface area contributed by atoms with Gasteiger partial charge in [0.2, 0.25) is 0 Å². The smallest absolute Gasteiger partial charge is 0.0625 e. The van der Waals surface area contributed by atoms with Crippen molar-refractivity contribution in [2.24, 2.45) is 0 Å². The molecule has 0 radical (unpaired) electrons. The molecule has 1 heterocycles. The molecule has 0 aliphatic carbocycles. The van der Waals surface area contributed by atoms with E-state index in [1.54, 1.807) is 0 Å². The van der Waals surface area contributed by atoms with Gasteiger partial charge in [0.25, 0.3) is 0 Å². The van der Waals surface area contributed by atoms with Crippen LogP contribution in [-0.2, 0) is 9.47 Å². The van der Waals surface area contributed by atoms with E-state index in [-0.39, 0.29) is 0 Å². The highest BCUT2D eigenvalue weighted by atomic mass is 16.5. The molecule has 0 aromatic carbocycles.